The first-order chi connectivity index (χ1) is 14.3. The van der Waals surface area contributed by atoms with Crippen molar-refractivity contribution in [1.82, 2.24) is 24.3 Å². The van der Waals surface area contributed by atoms with Gasteiger partial charge in [0.15, 0.2) is 5.82 Å². The van der Waals surface area contributed by atoms with E-state index < -0.39 is 11.7 Å². The first kappa shape index (κ1) is 19.8. The van der Waals surface area contributed by atoms with E-state index in [1.807, 2.05) is 49.1 Å². The van der Waals surface area contributed by atoms with Gasteiger partial charge < -0.3 is 14.5 Å². The molecule has 7 nitrogen and oxygen atoms in total. The number of amides is 1. The highest BCUT2D eigenvalue weighted by atomic mass is 19.1. The van der Waals surface area contributed by atoms with Gasteiger partial charge in [-0.15, -0.1) is 10.2 Å². The minimum Gasteiger partial charge on any atom is -0.345 e. The van der Waals surface area contributed by atoms with Crippen molar-refractivity contribution in [2.75, 3.05) is 5.32 Å². The minimum atomic E-state index is -0.572. The third-order valence-electron chi connectivity index (χ3n) is 4.96. The number of halogens is 1. The number of aromatic nitrogens is 5. The summed E-state index contributed by atoms with van der Waals surface area (Å²) in [7, 11) is 0. The Bertz CT molecular complexity index is 1220. The van der Waals surface area contributed by atoms with Crippen LogP contribution in [-0.4, -0.2) is 30.2 Å². The lowest BCUT2D eigenvalue weighted by Gasteiger charge is -2.12. The molecule has 0 radical (unpaired) electrons. The molecule has 0 saturated carbocycles. The van der Waals surface area contributed by atoms with Crippen LogP contribution in [0, 0.1) is 5.82 Å². The van der Waals surface area contributed by atoms with Crippen molar-refractivity contribution >= 4 is 22.6 Å². The Morgan fingerprint density at radius 1 is 1.07 bits per heavy atom. The van der Waals surface area contributed by atoms with Crippen LogP contribution in [0.1, 0.15) is 50.1 Å². The molecule has 0 aliphatic carbocycles. The van der Waals surface area contributed by atoms with Crippen LogP contribution in [0.5, 0.6) is 0 Å². The predicted molar refractivity (Wildman–Crippen MR) is 114 cm³/mol. The predicted octanol–water partition coefficient (Wildman–Crippen LogP) is 4.85. The fourth-order valence-electron chi connectivity index (χ4n) is 3.42. The summed E-state index contributed by atoms with van der Waals surface area (Å²) < 4.78 is 18.5. The second kappa shape index (κ2) is 7.70. The van der Waals surface area contributed by atoms with Crippen molar-refractivity contribution in [2.45, 2.75) is 39.8 Å². The minimum absolute atomic E-state index is 0.0272. The van der Waals surface area contributed by atoms with Gasteiger partial charge >= 0.3 is 0 Å². The van der Waals surface area contributed by atoms with Crippen LogP contribution < -0.4 is 5.32 Å². The van der Waals surface area contributed by atoms with E-state index in [-0.39, 0.29) is 17.6 Å². The first-order valence-corrected chi connectivity index (χ1v) is 9.83. The maximum atomic E-state index is 14.6. The Labute approximate surface area is 173 Å². The molecule has 0 spiro atoms. The summed E-state index contributed by atoms with van der Waals surface area (Å²) in [4.78, 5) is 17.3. The lowest BCUT2D eigenvalue weighted by Crippen LogP contribution is -2.15. The van der Waals surface area contributed by atoms with Crippen LogP contribution in [0.4, 0.5) is 10.2 Å². The van der Waals surface area contributed by atoms with Gasteiger partial charge in [-0.25, -0.2) is 9.37 Å². The highest BCUT2D eigenvalue weighted by Crippen LogP contribution is 2.25. The maximum Gasteiger partial charge on any atom is 0.259 e. The molecule has 3 heterocycles. The molecule has 30 heavy (non-hydrogen) atoms. The second-order valence-electron chi connectivity index (χ2n) is 7.73. The van der Waals surface area contributed by atoms with Gasteiger partial charge in [0.2, 0.25) is 0 Å². The number of benzene rings is 1. The Morgan fingerprint density at radius 2 is 1.83 bits per heavy atom. The summed E-state index contributed by atoms with van der Waals surface area (Å²) in [6.45, 7) is 8.11. The Morgan fingerprint density at radius 3 is 2.57 bits per heavy atom. The summed E-state index contributed by atoms with van der Waals surface area (Å²) in [6, 6.07) is 10.4. The van der Waals surface area contributed by atoms with Crippen LogP contribution in [0.3, 0.4) is 0 Å². The lowest BCUT2D eigenvalue weighted by molar-refractivity contribution is 0.102. The van der Waals surface area contributed by atoms with Gasteiger partial charge in [-0.2, -0.15) is 0 Å². The van der Waals surface area contributed by atoms with Crippen LogP contribution in [-0.2, 0) is 0 Å². The fourth-order valence-corrected chi connectivity index (χ4v) is 3.42. The normalized spacial score (nSPS) is 11.6. The number of carbonyl (C=O) groups excluding carboxylic acids is 1. The summed E-state index contributed by atoms with van der Waals surface area (Å²) in [6.07, 6.45) is 3.54. The van der Waals surface area contributed by atoms with E-state index in [2.05, 4.69) is 20.5 Å². The van der Waals surface area contributed by atoms with Crippen LogP contribution in [0.2, 0.25) is 0 Å². The topological polar surface area (TPSA) is 77.6 Å². The molecule has 154 valence electrons. The lowest BCUT2D eigenvalue weighted by atomic mass is 10.1. The van der Waals surface area contributed by atoms with E-state index in [4.69, 9.17) is 0 Å². The number of nitrogens with one attached hydrogen (secondary N) is 1. The number of hydrogen-bond acceptors (Lipinski definition) is 4. The van der Waals surface area contributed by atoms with Gasteiger partial charge in [0.05, 0.1) is 5.56 Å². The molecule has 0 unspecified atom stereocenters. The molecule has 1 amide bonds. The third kappa shape index (κ3) is 3.56. The number of rotatable bonds is 5. The molecule has 1 aromatic carbocycles. The molecule has 0 atom stereocenters. The van der Waals surface area contributed by atoms with Gasteiger partial charge in [0, 0.05) is 29.2 Å². The van der Waals surface area contributed by atoms with Crippen molar-refractivity contribution in [3.63, 3.8) is 0 Å². The zero-order chi connectivity index (χ0) is 21.4. The standard InChI is InChI=1S/C22H23FN6O/c1-13(2)28-9-8-15-10-17(23)16(11-19(15)28)22(30)26-20-7-5-6-18(25-20)21-27-24-12-29(21)14(3)4/h5-14H,1-4H3,(H,25,26,30). The van der Waals surface area contributed by atoms with Crippen molar-refractivity contribution in [3.05, 3.63) is 60.3 Å². The Balaban J connectivity index is 1.65. The number of pyridine rings is 1. The van der Waals surface area contributed by atoms with Crippen molar-refractivity contribution in [1.29, 1.82) is 0 Å². The number of nitrogens with zero attached hydrogens (tertiary/aromatic N) is 5. The molecule has 0 aliphatic rings. The molecule has 4 aromatic rings. The smallest absolute Gasteiger partial charge is 0.259 e. The summed E-state index contributed by atoms with van der Waals surface area (Å²) in [5.74, 6) is -0.212. The van der Waals surface area contributed by atoms with Crippen molar-refractivity contribution in [2.24, 2.45) is 0 Å². The van der Waals surface area contributed by atoms with Gasteiger partial charge in [0.25, 0.3) is 5.91 Å². The zero-order valence-corrected chi connectivity index (χ0v) is 17.3. The maximum absolute atomic E-state index is 14.6. The van der Waals surface area contributed by atoms with Crippen LogP contribution >= 0.6 is 0 Å². The molecule has 8 heteroatoms. The average molecular weight is 406 g/mol. The quantitative estimate of drug-likeness (QED) is 0.514. The number of anilines is 1. The molecule has 0 bridgehead atoms. The van der Waals surface area contributed by atoms with E-state index in [0.717, 1.165) is 10.9 Å². The van der Waals surface area contributed by atoms with E-state index >= 15 is 0 Å². The molecule has 0 fully saturated rings. The Hall–Kier alpha value is -3.55. The highest BCUT2D eigenvalue weighted by molar-refractivity contribution is 6.06. The van der Waals surface area contributed by atoms with E-state index in [1.165, 1.54) is 6.07 Å². The van der Waals surface area contributed by atoms with Gasteiger partial charge in [-0.05, 0) is 58.0 Å². The number of fused-ring (bicyclic) bond motifs is 1. The second-order valence-corrected chi connectivity index (χ2v) is 7.73. The van der Waals surface area contributed by atoms with Gasteiger partial charge in [-0.1, -0.05) is 6.07 Å². The van der Waals surface area contributed by atoms with Gasteiger partial charge in [-0.3, -0.25) is 4.79 Å². The van der Waals surface area contributed by atoms with Crippen molar-refractivity contribution in [3.8, 4) is 11.5 Å². The van der Waals surface area contributed by atoms with E-state index in [0.29, 0.717) is 17.3 Å². The van der Waals surface area contributed by atoms with Gasteiger partial charge in [0.1, 0.15) is 23.7 Å². The van der Waals surface area contributed by atoms with Crippen molar-refractivity contribution < 1.29 is 9.18 Å². The summed E-state index contributed by atoms with van der Waals surface area (Å²) in [5.41, 5.74) is 1.35. The number of hydrogen-bond donors (Lipinski definition) is 1. The van der Waals surface area contributed by atoms with E-state index in [9.17, 15) is 9.18 Å². The number of carbonyl (C=O) groups is 1. The zero-order valence-electron chi connectivity index (χ0n) is 17.3. The van der Waals surface area contributed by atoms with E-state index in [1.54, 1.807) is 30.6 Å². The molecule has 0 aliphatic heterocycles. The molecular formula is C22H23FN6O. The SMILES string of the molecule is CC(C)n1cnnc1-c1cccc(NC(=O)c2cc3c(ccn3C(C)C)cc2F)n1. The molecule has 1 N–H and O–H groups in total. The summed E-state index contributed by atoms with van der Waals surface area (Å²) in [5, 5.41) is 11.5. The van der Waals surface area contributed by atoms with Crippen LogP contribution in [0.15, 0.2) is 48.9 Å². The third-order valence-corrected chi connectivity index (χ3v) is 4.96. The molecule has 0 saturated heterocycles. The summed E-state index contributed by atoms with van der Waals surface area (Å²) >= 11 is 0. The average Bonchev–Trinajstić information content (AvgIpc) is 3.34. The molecule has 3 aromatic heterocycles. The van der Waals surface area contributed by atoms with Crippen LogP contribution in [0.25, 0.3) is 22.4 Å². The molecule has 4 rings (SSSR count). The largest absolute Gasteiger partial charge is 0.345 e. The fraction of sp³-hybridized carbons (Fsp3) is 0.273. The first-order valence-electron chi connectivity index (χ1n) is 9.83. The monoisotopic (exact) mass is 406 g/mol. The highest BCUT2D eigenvalue weighted by Gasteiger charge is 2.17. The Kier molecular flexibility index (Phi) is 5.07. The molecular weight excluding hydrogens is 383 g/mol.